The molecule has 25 rings (SSSR count). The largest absolute Gasteiger partial charge is 0.309 e. The van der Waals surface area contributed by atoms with Crippen LogP contribution in [0.3, 0.4) is 0 Å². The van der Waals surface area contributed by atoms with Crippen molar-refractivity contribution in [2.75, 3.05) is 0 Å². The minimum atomic E-state index is 0.593. The van der Waals surface area contributed by atoms with Gasteiger partial charge in [0.05, 0.1) is 66.2 Å². The lowest BCUT2D eigenvalue weighted by atomic mass is 10.0. The van der Waals surface area contributed by atoms with E-state index >= 15 is 0 Å². The lowest BCUT2D eigenvalue weighted by Gasteiger charge is -2.14. The number of benzene rings is 18. The summed E-state index contributed by atoms with van der Waals surface area (Å²) in [5.74, 6) is 1.87. The Bertz CT molecular complexity index is 7880. The zero-order chi connectivity index (χ0) is 79.1. The molecule has 0 saturated heterocycles. The fourth-order valence-corrected chi connectivity index (χ4v) is 18.7. The molecule has 0 aliphatic heterocycles. The van der Waals surface area contributed by atoms with E-state index in [1.165, 1.54) is 148 Å². The minimum Gasteiger partial charge on any atom is -0.309 e. The van der Waals surface area contributed by atoms with Crippen LogP contribution in [-0.4, -0.2) is 42.4 Å². The number of hydrogen-bond acceptors (Lipinski definition) is 3. The second-order valence-corrected chi connectivity index (χ2v) is 30.5. The van der Waals surface area contributed by atoms with E-state index in [2.05, 4.69) is 410 Å². The smallest absolute Gasteiger partial charge is 0.238 e. The molecule has 120 heavy (non-hydrogen) atoms. The highest BCUT2D eigenvalue weighted by Gasteiger charge is 2.27. The zero-order valence-corrected chi connectivity index (χ0v) is 65.2. The maximum atomic E-state index is 5.10. The summed E-state index contributed by atoms with van der Waals surface area (Å²) >= 11 is 0. The van der Waals surface area contributed by atoms with Gasteiger partial charge in [-0.05, 0) is 144 Å². The molecule has 0 aliphatic carbocycles. The van der Waals surface area contributed by atoms with E-state index in [4.69, 9.17) is 15.0 Å². The molecular weight excluding hydrogens is 1460 g/mol. The van der Waals surface area contributed by atoms with Crippen molar-refractivity contribution >= 4 is 131 Å². The molecule has 0 N–H and O–H groups in total. The van der Waals surface area contributed by atoms with E-state index in [0.29, 0.717) is 17.6 Å². The third-order valence-corrected chi connectivity index (χ3v) is 23.8. The number of fused-ring (bicyclic) bond motifs is 21. The molecule has 9 heteroatoms. The van der Waals surface area contributed by atoms with E-state index in [0.717, 1.165) is 44.6 Å². The first-order valence-corrected chi connectivity index (χ1v) is 40.8. The SMILES string of the molecule is c1ccc(-c2cccc(-n3c4ccccc4c4ccc5c6ccccc6n(-c6cccc(-c7ccccc7)c6)c5c43)c2)cc1.c1ccc(-c2nc(-c3ccccc3)nc(-n3c4ccccc4c4c5c6ccccc6n(-c6ccccc6)c5ccc43)n2)cc1.c1ccc(-n2c3ccccc3c3c4c5ccccc5n(-c5ccccc5)c4ccc32)cc1. The highest BCUT2D eigenvalue weighted by molar-refractivity contribution is 6.31. The van der Waals surface area contributed by atoms with Crippen LogP contribution in [0.5, 0.6) is 0 Å². The van der Waals surface area contributed by atoms with Crippen LogP contribution >= 0.6 is 0 Å². The maximum Gasteiger partial charge on any atom is 0.238 e. The van der Waals surface area contributed by atoms with Crippen LogP contribution < -0.4 is 0 Å². The van der Waals surface area contributed by atoms with Crippen LogP contribution in [0.2, 0.25) is 0 Å². The van der Waals surface area contributed by atoms with Crippen molar-refractivity contribution in [2.24, 2.45) is 0 Å². The first-order chi connectivity index (χ1) is 59.6. The summed E-state index contributed by atoms with van der Waals surface area (Å²) in [6.45, 7) is 0. The molecular formula is C111H73N9. The molecule has 7 aromatic heterocycles. The van der Waals surface area contributed by atoms with Crippen molar-refractivity contribution in [3.05, 3.63) is 443 Å². The quantitative estimate of drug-likeness (QED) is 0.137. The van der Waals surface area contributed by atoms with Gasteiger partial charge in [-0.2, -0.15) is 9.97 Å². The molecule has 0 saturated carbocycles. The van der Waals surface area contributed by atoms with Crippen LogP contribution in [0.1, 0.15) is 0 Å². The van der Waals surface area contributed by atoms with E-state index in [1.807, 2.05) is 60.7 Å². The van der Waals surface area contributed by atoms with E-state index < -0.39 is 0 Å². The molecule has 0 fully saturated rings. The molecule has 18 aromatic carbocycles. The topological polar surface area (TPSA) is 68.2 Å². The predicted molar refractivity (Wildman–Crippen MR) is 500 cm³/mol. The van der Waals surface area contributed by atoms with E-state index in [9.17, 15) is 0 Å². The van der Waals surface area contributed by atoms with Gasteiger partial charge in [0.25, 0.3) is 0 Å². The van der Waals surface area contributed by atoms with Crippen LogP contribution in [0.25, 0.3) is 210 Å². The maximum absolute atomic E-state index is 5.10. The zero-order valence-electron chi connectivity index (χ0n) is 65.2. The third-order valence-electron chi connectivity index (χ3n) is 23.8. The Kier molecular flexibility index (Phi) is 16.7. The summed E-state index contributed by atoms with van der Waals surface area (Å²) in [4.78, 5) is 15.1. The summed E-state index contributed by atoms with van der Waals surface area (Å²) in [6, 6.07) is 157. The van der Waals surface area contributed by atoms with Gasteiger partial charge in [0, 0.05) is 104 Å². The Labute approximate surface area is 690 Å². The summed E-state index contributed by atoms with van der Waals surface area (Å²) in [5.41, 5.74) is 26.8. The van der Waals surface area contributed by atoms with E-state index in [1.54, 1.807) is 0 Å². The highest BCUT2D eigenvalue weighted by Crippen LogP contribution is 2.47. The van der Waals surface area contributed by atoms with Gasteiger partial charge in [0.1, 0.15) is 0 Å². The molecule has 0 amide bonds. The van der Waals surface area contributed by atoms with Gasteiger partial charge in [-0.25, -0.2) is 4.98 Å². The normalized spacial score (nSPS) is 11.7. The molecule has 0 radical (unpaired) electrons. The molecule has 9 nitrogen and oxygen atoms in total. The van der Waals surface area contributed by atoms with Crippen molar-refractivity contribution in [1.29, 1.82) is 0 Å². The second-order valence-electron chi connectivity index (χ2n) is 30.5. The van der Waals surface area contributed by atoms with Gasteiger partial charge in [0.2, 0.25) is 5.95 Å². The van der Waals surface area contributed by atoms with Gasteiger partial charge in [-0.1, -0.05) is 322 Å². The van der Waals surface area contributed by atoms with Crippen LogP contribution in [0.4, 0.5) is 0 Å². The first kappa shape index (κ1) is 69.3. The monoisotopic (exact) mass is 1530 g/mol. The molecule has 7 heterocycles. The summed E-state index contributed by atoms with van der Waals surface area (Å²) < 4.78 is 14.3. The number of hydrogen-bond donors (Lipinski definition) is 0. The number of para-hydroxylation sites is 9. The lowest BCUT2D eigenvalue weighted by molar-refractivity contribution is 0.953. The van der Waals surface area contributed by atoms with Gasteiger partial charge in [-0.3, -0.25) is 4.57 Å². The average Bonchev–Trinajstić information content (AvgIpc) is 1.55. The number of aromatic nitrogens is 9. The Balaban J connectivity index is 0.000000107. The minimum absolute atomic E-state index is 0.593. The van der Waals surface area contributed by atoms with Gasteiger partial charge < -0.3 is 22.8 Å². The number of rotatable bonds is 10. The number of nitrogens with zero attached hydrogens (tertiary/aromatic N) is 9. The Morgan fingerprint density at radius 3 is 0.708 bits per heavy atom. The van der Waals surface area contributed by atoms with Gasteiger partial charge in [0.15, 0.2) is 11.6 Å². The molecule has 0 bridgehead atoms. The molecule has 0 spiro atoms. The summed E-state index contributed by atoms with van der Waals surface area (Å²) in [5, 5.41) is 15.0. The fraction of sp³-hybridized carbons (Fsp3) is 0. The second kappa shape index (κ2) is 28.9. The van der Waals surface area contributed by atoms with Crippen LogP contribution in [0.15, 0.2) is 443 Å². The standard InChI is InChI=1S/C42H28N2.C39H25N5.C30H20N2/c1-3-13-29(14-4-1)31-17-11-19-33(27-31)43-39-23-9-7-21-35(39)37-25-26-38-36-22-8-10-24-40(36)44(42(38)41(37)43)34-20-12-18-32(28-34)30-15-5-2-6-16-30;1-4-14-26(15-5-1)37-40-38(27-16-6-2-7-17-27)42-39(41-37)44-32-23-13-11-21-30(32)36-34(44)25-24-33-35(36)29-20-10-12-22-31(29)43(33)28-18-8-3-9-19-28;1-3-11-21(12-4-1)31-25-17-9-7-15-23(25)29-27(31)19-20-28-30(29)24-16-8-10-18-26(24)32(28)22-13-5-2-6-14-22/h1-28H;1-25H;1-20H. The molecule has 0 unspecified atom stereocenters. The molecule has 562 valence electrons. The van der Waals surface area contributed by atoms with Crippen molar-refractivity contribution in [3.8, 4) is 79.4 Å². The summed E-state index contributed by atoms with van der Waals surface area (Å²) in [6.07, 6.45) is 0. The van der Waals surface area contributed by atoms with Crippen molar-refractivity contribution < 1.29 is 0 Å². The highest BCUT2D eigenvalue weighted by atomic mass is 15.2. The summed E-state index contributed by atoms with van der Waals surface area (Å²) in [7, 11) is 0. The Morgan fingerprint density at radius 1 is 0.142 bits per heavy atom. The molecule has 0 aliphatic rings. The Morgan fingerprint density at radius 2 is 0.383 bits per heavy atom. The van der Waals surface area contributed by atoms with Crippen molar-refractivity contribution in [1.82, 2.24) is 42.4 Å². The van der Waals surface area contributed by atoms with Gasteiger partial charge in [-0.15, -0.1) is 0 Å². The lowest BCUT2D eigenvalue weighted by Crippen LogP contribution is -2.06. The fourth-order valence-electron chi connectivity index (χ4n) is 18.7. The van der Waals surface area contributed by atoms with Crippen molar-refractivity contribution in [3.63, 3.8) is 0 Å². The third kappa shape index (κ3) is 11.4. The molecule has 25 aromatic rings. The first-order valence-electron chi connectivity index (χ1n) is 40.8. The molecule has 0 atom stereocenters. The Hall–Kier alpha value is -16.2. The predicted octanol–water partition coefficient (Wildman–Crippen LogP) is 28.5. The van der Waals surface area contributed by atoms with Gasteiger partial charge >= 0.3 is 0 Å². The van der Waals surface area contributed by atoms with Crippen molar-refractivity contribution in [2.45, 2.75) is 0 Å². The van der Waals surface area contributed by atoms with Crippen LogP contribution in [-0.2, 0) is 0 Å². The average molecular weight is 1530 g/mol. The van der Waals surface area contributed by atoms with E-state index in [-0.39, 0.29) is 0 Å². The van der Waals surface area contributed by atoms with Crippen LogP contribution in [0, 0.1) is 0 Å².